The van der Waals surface area contributed by atoms with E-state index in [1.54, 1.807) is 12.1 Å². The molecule has 3 rings (SSSR count). The van der Waals surface area contributed by atoms with Gasteiger partial charge >= 0.3 is 0 Å². The molecule has 7 heteroatoms. The van der Waals surface area contributed by atoms with Crippen LogP contribution < -0.4 is 10.6 Å². The molecule has 1 atom stereocenters. The average Bonchev–Trinajstić information content (AvgIpc) is 2.61. The maximum absolute atomic E-state index is 12.3. The fourth-order valence-electron chi connectivity index (χ4n) is 2.89. The van der Waals surface area contributed by atoms with Crippen molar-refractivity contribution in [2.24, 2.45) is 5.92 Å². The van der Waals surface area contributed by atoms with E-state index in [4.69, 9.17) is 0 Å². The van der Waals surface area contributed by atoms with E-state index >= 15 is 0 Å². The first kappa shape index (κ1) is 18.4. The Balaban J connectivity index is 1.50. The zero-order chi connectivity index (χ0) is 18.5. The number of carbonyl (C=O) groups is 2. The van der Waals surface area contributed by atoms with Gasteiger partial charge in [-0.2, -0.15) is 8.78 Å². The van der Waals surface area contributed by atoms with Crippen LogP contribution in [0.1, 0.15) is 18.4 Å². The summed E-state index contributed by atoms with van der Waals surface area (Å²) in [5, 5.41) is 5.60. The molecule has 0 aromatic heterocycles. The standard InChI is InChI=1S/C19H18F2N2O2S/c20-19(21)26-15-8-6-14(7-9-15)22-17(24)10-5-13-11-12-3-1-2-4-16(12)23-18(13)25/h1-4,6-9,13,19H,5,10-11H2,(H,22,24)(H,23,25). The molecule has 1 heterocycles. The molecular formula is C19H18F2N2O2S. The minimum atomic E-state index is -2.47. The zero-order valence-corrected chi connectivity index (χ0v) is 14.7. The Hall–Kier alpha value is -2.41. The highest BCUT2D eigenvalue weighted by atomic mass is 32.2. The molecule has 1 aliphatic heterocycles. The summed E-state index contributed by atoms with van der Waals surface area (Å²) in [6.07, 6.45) is 1.29. The van der Waals surface area contributed by atoms with Gasteiger partial charge in [-0.05, 0) is 48.7 Å². The highest BCUT2D eigenvalue weighted by Gasteiger charge is 2.26. The third kappa shape index (κ3) is 4.82. The van der Waals surface area contributed by atoms with Crippen molar-refractivity contribution >= 4 is 35.0 Å². The van der Waals surface area contributed by atoms with E-state index in [9.17, 15) is 18.4 Å². The zero-order valence-electron chi connectivity index (χ0n) is 13.9. The fraction of sp³-hybridized carbons (Fsp3) is 0.263. The van der Waals surface area contributed by atoms with E-state index in [-0.39, 0.29) is 24.2 Å². The molecule has 0 saturated heterocycles. The summed E-state index contributed by atoms with van der Waals surface area (Å²) in [6.45, 7) is 0. The summed E-state index contributed by atoms with van der Waals surface area (Å²) in [7, 11) is 0. The van der Waals surface area contributed by atoms with Crippen molar-refractivity contribution in [1.29, 1.82) is 0 Å². The van der Waals surface area contributed by atoms with Crippen LogP contribution in [0, 0.1) is 5.92 Å². The van der Waals surface area contributed by atoms with Gasteiger partial charge in [0.05, 0.1) is 0 Å². The van der Waals surface area contributed by atoms with Gasteiger partial charge in [-0.3, -0.25) is 9.59 Å². The molecular weight excluding hydrogens is 358 g/mol. The molecule has 0 saturated carbocycles. The number of hydrogen-bond donors (Lipinski definition) is 2. The monoisotopic (exact) mass is 376 g/mol. The Morgan fingerprint density at radius 2 is 1.92 bits per heavy atom. The van der Waals surface area contributed by atoms with Crippen LogP contribution in [0.3, 0.4) is 0 Å². The summed E-state index contributed by atoms with van der Waals surface area (Å²) < 4.78 is 24.6. The summed E-state index contributed by atoms with van der Waals surface area (Å²) in [6, 6.07) is 13.9. The number of anilines is 2. The van der Waals surface area contributed by atoms with E-state index < -0.39 is 5.76 Å². The molecule has 1 unspecified atom stereocenters. The fourth-order valence-corrected chi connectivity index (χ4v) is 3.39. The topological polar surface area (TPSA) is 58.2 Å². The number of para-hydroxylation sites is 1. The van der Waals surface area contributed by atoms with Crippen LogP contribution in [0.4, 0.5) is 20.2 Å². The van der Waals surface area contributed by atoms with E-state index in [2.05, 4.69) is 10.6 Å². The van der Waals surface area contributed by atoms with E-state index in [1.165, 1.54) is 12.1 Å². The van der Waals surface area contributed by atoms with E-state index in [1.807, 2.05) is 24.3 Å². The number of rotatable bonds is 6. The number of benzene rings is 2. The average molecular weight is 376 g/mol. The van der Waals surface area contributed by atoms with Crippen molar-refractivity contribution in [3.05, 3.63) is 54.1 Å². The van der Waals surface area contributed by atoms with Crippen molar-refractivity contribution in [3.63, 3.8) is 0 Å². The summed E-state index contributed by atoms with van der Waals surface area (Å²) in [5.41, 5.74) is 2.46. The number of thioether (sulfide) groups is 1. The number of halogens is 2. The normalized spacial score (nSPS) is 16.1. The van der Waals surface area contributed by atoms with Crippen molar-refractivity contribution in [2.45, 2.75) is 29.9 Å². The maximum Gasteiger partial charge on any atom is 0.288 e. The number of alkyl halides is 2. The van der Waals surface area contributed by atoms with Crippen LogP contribution in [-0.2, 0) is 16.0 Å². The number of hydrogen-bond acceptors (Lipinski definition) is 3. The summed E-state index contributed by atoms with van der Waals surface area (Å²) in [5.74, 6) is -2.97. The molecule has 0 aliphatic carbocycles. The molecule has 0 spiro atoms. The number of nitrogens with one attached hydrogen (secondary N) is 2. The van der Waals surface area contributed by atoms with Crippen molar-refractivity contribution in [2.75, 3.05) is 10.6 Å². The lowest BCUT2D eigenvalue weighted by Gasteiger charge is -2.24. The molecule has 26 heavy (non-hydrogen) atoms. The van der Waals surface area contributed by atoms with Crippen LogP contribution in [0.25, 0.3) is 0 Å². The Kier molecular flexibility index (Phi) is 5.88. The molecule has 2 aromatic rings. The minimum Gasteiger partial charge on any atom is -0.326 e. The quantitative estimate of drug-likeness (QED) is 0.728. The summed E-state index contributed by atoms with van der Waals surface area (Å²) >= 11 is 0.459. The highest BCUT2D eigenvalue weighted by molar-refractivity contribution is 7.99. The molecule has 4 nitrogen and oxygen atoms in total. The third-order valence-electron chi connectivity index (χ3n) is 4.20. The molecule has 2 amide bonds. The summed E-state index contributed by atoms with van der Waals surface area (Å²) in [4.78, 5) is 24.7. The molecule has 0 bridgehead atoms. The van der Waals surface area contributed by atoms with Gasteiger partial charge < -0.3 is 10.6 Å². The second-order valence-corrected chi connectivity index (χ2v) is 7.10. The first-order chi connectivity index (χ1) is 12.5. The number of amides is 2. The highest BCUT2D eigenvalue weighted by Crippen LogP contribution is 2.28. The smallest absolute Gasteiger partial charge is 0.288 e. The van der Waals surface area contributed by atoms with E-state index in [0.717, 1.165) is 11.3 Å². The van der Waals surface area contributed by atoms with E-state index in [0.29, 0.717) is 35.2 Å². The van der Waals surface area contributed by atoms with Crippen molar-refractivity contribution in [3.8, 4) is 0 Å². The van der Waals surface area contributed by atoms with Gasteiger partial charge in [0.2, 0.25) is 11.8 Å². The van der Waals surface area contributed by atoms with Crippen LogP contribution >= 0.6 is 11.8 Å². The van der Waals surface area contributed by atoms with Gasteiger partial charge in [-0.25, -0.2) is 0 Å². The lowest BCUT2D eigenvalue weighted by Crippen LogP contribution is -2.30. The van der Waals surface area contributed by atoms with Crippen molar-refractivity contribution < 1.29 is 18.4 Å². The largest absolute Gasteiger partial charge is 0.326 e. The number of carbonyl (C=O) groups excluding carboxylic acids is 2. The predicted molar refractivity (Wildman–Crippen MR) is 98.4 cm³/mol. The van der Waals surface area contributed by atoms with Gasteiger partial charge in [0, 0.05) is 28.6 Å². The van der Waals surface area contributed by atoms with Crippen LogP contribution in [0.15, 0.2) is 53.4 Å². The van der Waals surface area contributed by atoms with Gasteiger partial charge in [0.1, 0.15) is 0 Å². The van der Waals surface area contributed by atoms with Crippen LogP contribution in [0.5, 0.6) is 0 Å². The lowest BCUT2D eigenvalue weighted by atomic mass is 9.89. The molecule has 2 aromatic carbocycles. The molecule has 136 valence electrons. The van der Waals surface area contributed by atoms with Gasteiger partial charge in [0.15, 0.2) is 0 Å². The first-order valence-electron chi connectivity index (χ1n) is 8.25. The first-order valence-corrected chi connectivity index (χ1v) is 9.13. The molecule has 1 aliphatic rings. The Bertz CT molecular complexity index is 796. The Morgan fingerprint density at radius 1 is 1.19 bits per heavy atom. The van der Waals surface area contributed by atoms with Gasteiger partial charge in [-0.1, -0.05) is 30.0 Å². The van der Waals surface area contributed by atoms with Crippen LogP contribution in [-0.4, -0.2) is 17.6 Å². The molecule has 0 radical (unpaired) electrons. The maximum atomic E-state index is 12.3. The van der Waals surface area contributed by atoms with Crippen LogP contribution in [0.2, 0.25) is 0 Å². The predicted octanol–water partition coefficient (Wildman–Crippen LogP) is 4.53. The van der Waals surface area contributed by atoms with Gasteiger partial charge in [-0.15, -0.1) is 0 Å². The Labute approximate surface area is 154 Å². The number of fused-ring (bicyclic) bond motifs is 1. The molecule has 0 fully saturated rings. The second kappa shape index (κ2) is 8.31. The second-order valence-electron chi connectivity index (χ2n) is 6.04. The molecule has 2 N–H and O–H groups in total. The lowest BCUT2D eigenvalue weighted by molar-refractivity contribution is -0.121. The Morgan fingerprint density at radius 3 is 2.65 bits per heavy atom. The minimum absolute atomic E-state index is 0.0649. The third-order valence-corrected chi connectivity index (χ3v) is 4.92. The van der Waals surface area contributed by atoms with Gasteiger partial charge in [0.25, 0.3) is 5.76 Å². The SMILES string of the molecule is O=C(CCC1Cc2ccccc2NC1=O)Nc1ccc(SC(F)F)cc1. The van der Waals surface area contributed by atoms with Crippen molar-refractivity contribution in [1.82, 2.24) is 0 Å².